The Balaban J connectivity index is 3.15. The van der Waals surface area contributed by atoms with Gasteiger partial charge in [-0.25, -0.2) is 9.78 Å². The predicted octanol–water partition coefficient (Wildman–Crippen LogP) is 1.79. The number of nitrogens with one attached hydrogen (secondary N) is 1. The molecule has 0 saturated carbocycles. The van der Waals surface area contributed by atoms with Crippen LogP contribution in [0.15, 0.2) is 0 Å². The van der Waals surface area contributed by atoms with Crippen molar-refractivity contribution in [2.45, 2.75) is 33.1 Å². The molecule has 0 aliphatic heterocycles. The van der Waals surface area contributed by atoms with Crippen LogP contribution in [0, 0.1) is 0 Å². The number of aromatic amines is 1. The summed E-state index contributed by atoms with van der Waals surface area (Å²) in [5.41, 5.74) is 0.871. The molecule has 0 radical (unpaired) electrons. The van der Waals surface area contributed by atoms with Crippen LogP contribution in [0.3, 0.4) is 0 Å². The first-order chi connectivity index (χ1) is 6.06. The molecule has 0 amide bonds. The summed E-state index contributed by atoms with van der Waals surface area (Å²) in [6.45, 7) is 5.83. The zero-order valence-corrected chi connectivity index (χ0v) is 8.09. The van der Waals surface area contributed by atoms with Gasteiger partial charge in [0.25, 0.3) is 0 Å². The van der Waals surface area contributed by atoms with Crippen molar-refractivity contribution in [2.75, 3.05) is 0 Å². The first kappa shape index (κ1) is 9.77. The molecule has 2 N–H and O–H groups in total. The number of aryl methyl sites for hydroxylation is 1. The van der Waals surface area contributed by atoms with Crippen molar-refractivity contribution in [1.82, 2.24) is 9.97 Å². The molecule has 0 atom stereocenters. The van der Waals surface area contributed by atoms with E-state index in [1.807, 2.05) is 20.8 Å². The third kappa shape index (κ3) is 1.88. The predicted molar refractivity (Wildman–Crippen MR) is 49.0 cm³/mol. The molecule has 72 valence electrons. The van der Waals surface area contributed by atoms with Gasteiger partial charge in [-0.05, 0) is 5.92 Å². The number of aromatic carboxylic acids is 1. The molecule has 0 aromatic carbocycles. The third-order valence-corrected chi connectivity index (χ3v) is 1.90. The Bertz CT molecular complexity index is 315. The largest absolute Gasteiger partial charge is 0.476 e. The maximum atomic E-state index is 10.8. The highest BCUT2D eigenvalue weighted by Gasteiger charge is 2.17. The van der Waals surface area contributed by atoms with E-state index in [0.29, 0.717) is 5.69 Å². The fourth-order valence-corrected chi connectivity index (χ4v) is 1.19. The molecule has 0 aliphatic rings. The van der Waals surface area contributed by atoms with E-state index >= 15 is 0 Å². The Hall–Kier alpha value is -1.32. The lowest BCUT2D eigenvalue weighted by molar-refractivity contribution is 0.0689. The molecule has 1 aromatic heterocycles. The number of hydrogen-bond acceptors (Lipinski definition) is 2. The van der Waals surface area contributed by atoms with Crippen molar-refractivity contribution in [3.8, 4) is 0 Å². The highest BCUT2D eigenvalue weighted by molar-refractivity contribution is 5.86. The van der Waals surface area contributed by atoms with Gasteiger partial charge in [-0.2, -0.15) is 0 Å². The second-order valence-corrected chi connectivity index (χ2v) is 3.26. The average molecular weight is 182 g/mol. The van der Waals surface area contributed by atoms with E-state index in [1.54, 1.807) is 0 Å². The second kappa shape index (κ2) is 3.60. The van der Waals surface area contributed by atoms with E-state index in [-0.39, 0.29) is 11.6 Å². The van der Waals surface area contributed by atoms with Gasteiger partial charge in [0.2, 0.25) is 0 Å². The molecule has 0 bridgehead atoms. The quantitative estimate of drug-likeness (QED) is 0.749. The Morgan fingerprint density at radius 1 is 1.62 bits per heavy atom. The molecular formula is C9H14N2O2. The molecule has 0 unspecified atom stereocenters. The lowest BCUT2D eigenvalue weighted by Gasteiger charge is -2.01. The van der Waals surface area contributed by atoms with E-state index < -0.39 is 5.97 Å². The van der Waals surface area contributed by atoms with Crippen molar-refractivity contribution < 1.29 is 9.90 Å². The summed E-state index contributed by atoms with van der Waals surface area (Å²) in [6.07, 6.45) is 0.729. The Kier molecular flexibility index (Phi) is 2.70. The number of hydrogen-bond donors (Lipinski definition) is 2. The molecule has 4 heteroatoms. The summed E-state index contributed by atoms with van der Waals surface area (Å²) in [7, 11) is 0. The van der Waals surface area contributed by atoms with Gasteiger partial charge in [-0.1, -0.05) is 20.8 Å². The minimum absolute atomic E-state index is 0.159. The molecule has 1 rings (SSSR count). The van der Waals surface area contributed by atoms with Gasteiger partial charge >= 0.3 is 5.97 Å². The van der Waals surface area contributed by atoms with E-state index in [4.69, 9.17) is 5.11 Å². The van der Waals surface area contributed by atoms with Gasteiger partial charge < -0.3 is 10.1 Å². The van der Waals surface area contributed by atoms with E-state index in [0.717, 1.165) is 12.2 Å². The van der Waals surface area contributed by atoms with Crippen LogP contribution in [0.5, 0.6) is 0 Å². The molecule has 0 spiro atoms. The highest BCUT2D eigenvalue weighted by atomic mass is 16.4. The summed E-state index contributed by atoms with van der Waals surface area (Å²) in [4.78, 5) is 17.8. The van der Waals surface area contributed by atoms with Gasteiger partial charge in [-0.3, -0.25) is 0 Å². The number of imidazole rings is 1. The van der Waals surface area contributed by atoms with Crippen molar-refractivity contribution in [3.63, 3.8) is 0 Å². The minimum Gasteiger partial charge on any atom is -0.476 e. The standard InChI is InChI=1S/C9H14N2O2/c1-4-6-10-7(5(2)3)8(11-6)9(12)13/h5H,4H2,1-3H3,(H,10,11)(H,12,13). The lowest BCUT2D eigenvalue weighted by Crippen LogP contribution is -2.03. The van der Waals surface area contributed by atoms with Crippen LogP contribution < -0.4 is 0 Å². The molecule has 13 heavy (non-hydrogen) atoms. The van der Waals surface area contributed by atoms with Gasteiger partial charge in [-0.15, -0.1) is 0 Å². The zero-order chi connectivity index (χ0) is 10.0. The van der Waals surface area contributed by atoms with Crippen LogP contribution in [-0.2, 0) is 6.42 Å². The smallest absolute Gasteiger partial charge is 0.356 e. The van der Waals surface area contributed by atoms with Crippen LogP contribution in [0.2, 0.25) is 0 Å². The molecular weight excluding hydrogens is 168 g/mol. The number of carboxylic acids is 1. The van der Waals surface area contributed by atoms with Crippen LogP contribution in [0.1, 0.15) is 48.7 Å². The molecule has 1 heterocycles. The fraction of sp³-hybridized carbons (Fsp3) is 0.556. The van der Waals surface area contributed by atoms with Gasteiger partial charge in [0.1, 0.15) is 5.82 Å². The zero-order valence-electron chi connectivity index (χ0n) is 8.09. The molecule has 0 fully saturated rings. The Morgan fingerprint density at radius 2 is 2.23 bits per heavy atom. The highest BCUT2D eigenvalue weighted by Crippen LogP contribution is 2.17. The van der Waals surface area contributed by atoms with Gasteiger partial charge in [0, 0.05) is 6.42 Å². The minimum atomic E-state index is -0.959. The summed E-state index contributed by atoms with van der Waals surface area (Å²) < 4.78 is 0. The Labute approximate surface area is 77.0 Å². The van der Waals surface area contributed by atoms with E-state index in [1.165, 1.54) is 0 Å². The second-order valence-electron chi connectivity index (χ2n) is 3.26. The third-order valence-electron chi connectivity index (χ3n) is 1.90. The average Bonchev–Trinajstić information content (AvgIpc) is 2.47. The molecule has 1 aromatic rings. The summed E-state index contributed by atoms with van der Waals surface area (Å²) >= 11 is 0. The molecule has 0 saturated heterocycles. The number of H-pyrrole nitrogens is 1. The Morgan fingerprint density at radius 3 is 2.54 bits per heavy atom. The maximum Gasteiger partial charge on any atom is 0.356 e. The number of aromatic nitrogens is 2. The van der Waals surface area contributed by atoms with Crippen molar-refractivity contribution in [3.05, 3.63) is 17.2 Å². The van der Waals surface area contributed by atoms with Gasteiger partial charge in [0.15, 0.2) is 5.69 Å². The normalized spacial score (nSPS) is 10.8. The number of nitrogens with zero attached hydrogens (tertiary/aromatic N) is 1. The van der Waals surface area contributed by atoms with Crippen LogP contribution in [-0.4, -0.2) is 21.0 Å². The monoisotopic (exact) mass is 182 g/mol. The molecule has 0 aliphatic carbocycles. The van der Waals surface area contributed by atoms with Crippen molar-refractivity contribution in [2.24, 2.45) is 0 Å². The van der Waals surface area contributed by atoms with Crippen molar-refractivity contribution in [1.29, 1.82) is 0 Å². The number of carbonyl (C=O) groups is 1. The fourth-order valence-electron chi connectivity index (χ4n) is 1.19. The van der Waals surface area contributed by atoms with Gasteiger partial charge in [0.05, 0.1) is 5.69 Å². The summed E-state index contributed by atoms with van der Waals surface area (Å²) in [5, 5.41) is 8.84. The molecule has 4 nitrogen and oxygen atoms in total. The first-order valence-electron chi connectivity index (χ1n) is 4.38. The topological polar surface area (TPSA) is 66.0 Å². The van der Waals surface area contributed by atoms with Crippen LogP contribution in [0.25, 0.3) is 0 Å². The van der Waals surface area contributed by atoms with Crippen molar-refractivity contribution >= 4 is 5.97 Å². The number of carboxylic acid groups (broad SMARTS) is 1. The lowest BCUT2D eigenvalue weighted by atomic mass is 10.1. The summed E-state index contributed by atoms with van der Waals surface area (Å²) in [6, 6.07) is 0. The number of rotatable bonds is 3. The maximum absolute atomic E-state index is 10.8. The SMILES string of the molecule is CCc1nc(C(=O)O)c(C(C)C)[nH]1. The van der Waals surface area contributed by atoms with Crippen LogP contribution >= 0.6 is 0 Å². The summed E-state index contributed by atoms with van der Waals surface area (Å²) in [5.74, 6) is -0.0559. The first-order valence-corrected chi connectivity index (χ1v) is 4.38. The van der Waals surface area contributed by atoms with E-state index in [2.05, 4.69) is 9.97 Å². The van der Waals surface area contributed by atoms with Crippen LogP contribution in [0.4, 0.5) is 0 Å². The van der Waals surface area contributed by atoms with E-state index in [9.17, 15) is 4.79 Å².